The van der Waals surface area contributed by atoms with Gasteiger partial charge < -0.3 is 24.8 Å². The van der Waals surface area contributed by atoms with Gasteiger partial charge in [-0.15, -0.1) is 0 Å². The number of carbonyl (C=O) groups excluding carboxylic acids is 1. The summed E-state index contributed by atoms with van der Waals surface area (Å²) in [5, 5.41) is 11.1. The first kappa shape index (κ1) is 18.9. The Bertz CT molecular complexity index is 484. The van der Waals surface area contributed by atoms with Crippen LogP contribution in [-0.2, 0) is 19.1 Å². The molecule has 0 atom stereocenters. The number of methoxy groups -OCH3 is 2. The summed E-state index contributed by atoms with van der Waals surface area (Å²) in [6.45, 7) is 2.56. The normalized spacial score (nSPS) is 10.3. The zero-order valence-electron chi connectivity index (χ0n) is 13.4. The summed E-state index contributed by atoms with van der Waals surface area (Å²) in [6.07, 6.45) is 1.37. The number of nitrogens with one attached hydrogen (secondary N) is 1. The lowest BCUT2D eigenvalue weighted by Crippen LogP contribution is -2.30. The molecule has 0 saturated carbocycles. The molecule has 0 bridgehead atoms. The number of carbonyl (C=O) groups is 2. The monoisotopic (exact) mass is 325 g/mol. The minimum atomic E-state index is -1.00. The van der Waals surface area contributed by atoms with E-state index in [1.54, 1.807) is 26.5 Å². The van der Waals surface area contributed by atoms with E-state index in [4.69, 9.17) is 14.6 Å². The van der Waals surface area contributed by atoms with Crippen LogP contribution in [0.4, 0.5) is 11.5 Å². The van der Waals surface area contributed by atoms with Gasteiger partial charge >= 0.3 is 5.97 Å². The van der Waals surface area contributed by atoms with Crippen LogP contribution in [0.2, 0.25) is 0 Å². The van der Waals surface area contributed by atoms with Crippen molar-refractivity contribution in [3.05, 3.63) is 18.3 Å². The van der Waals surface area contributed by atoms with E-state index in [0.29, 0.717) is 32.1 Å². The molecule has 1 aromatic rings. The Balaban J connectivity index is 2.61. The Morgan fingerprint density at radius 1 is 1.17 bits per heavy atom. The first-order valence-electron chi connectivity index (χ1n) is 7.27. The fourth-order valence-corrected chi connectivity index (χ4v) is 1.85. The van der Waals surface area contributed by atoms with E-state index in [2.05, 4.69) is 15.2 Å². The molecular formula is C15H23N3O5. The maximum Gasteiger partial charge on any atom is 0.303 e. The number of hydrogen-bond donors (Lipinski definition) is 2. The van der Waals surface area contributed by atoms with Crippen LogP contribution in [0.5, 0.6) is 0 Å². The quantitative estimate of drug-likeness (QED) is 0.625. The number of amides is 1. The predicted octanol–water partition coefficient (Wildman–Crippen LogP) is 0.984. The third-order valence-corrected chi connectivity index (χ3v) is 3.08. The third-order valence-electron chi connectivity index (χ3n) is 3.08. The number of aliphatic carboxylic acids is 1. The molecule has 0 aromatic carbocycles. The van der Waals surface area contributed by atoms with E-state index in [1.165, 1.54) is 0 Å². The van der Waals surface area contributed by atoms with Gasteiger partial charge in [0, 0.05) is 33.7 Å². The first-order chi connectivity index (χ1) is 11.1. The Morgan fingerprint density at radius 2 is 1.83 bits per heavy atom. The van der Waals surface area contributed by atoms with Crippen LogP contribution in [-0.4, -0.2) is 62.5 Å². The van der Waals surface area contributed by atoms with Crippen molar-refractivity contribution in [2.24, 2.45) is 0 Å². The van der Waals surface area contributed by atoms with Crippen molar-refractivity contribution in [2.45, 2.75) is 12.8 Å². The van der Waals surface area contributed by atoms with Crippen LogP contribution in [0, 0.1) is 0 Å². The van der Waals surface area contributed by atoms with Crippen LogP contribution >= 0.6 is 0 Å². The molecule has 0 aliphatic rings. The lowest BCUT2D eigenvalue weighted by molar-refractivity contribution is -0.138. The molecule has 1 amide bonds. The molecule has 23 heavy (non-hydrogen) atoms. The molecule has 0 fully saturated rings. The number of rotatable bonds is 11. The summed E-state index contributed by atoms with van der Waals surface area (Å²) < 4.78 is 10.2. The molecule has 0 unspecified atom stereocenters. The number of carboxylic acid groups (broad SMARTS) is 1. The van der Waals surface area contributed by atoms with Gasteiger partial charge in [-0.2, -0.15) is 0 Å². The van der Waals surface area contributed by atoms with Crippen LogP contribution in [0.15, 0.2) is 18.3 Å². The van der Waals surface area contributed by atoms with Gasteiger partial charge in [0.05, 0.1) is 31.5 Å². The highest BCUT2D eigenvalue weighted by atomic mass is 16.5. The number of nitrogens with zero attached hydrogens (tertiary/aromatic N) is 2. The van der Waals surface area contributed by atoms with Crippen molar-refractivity contribution < 1.29 is 24.2 Å². The van der Waals surface area contributed by atoms with E-state index in [-0.39, 0.29) is 18.7 Å². The molecule has 8 nitrogen and oxygen atoms in total. The Kier molecular flexibility index (Phi) is 8.63. The molecule has 0 spiro atoms. The molecule has 1 rings (SSSR count). The van der Waals surface area contributed by atoms with Gasteiger partial charge in [-0.3, -0.25) is 9.59 Å². The second-order valence-electron chi connectivity index (χ2n) is 4.82. The fourth-order valence-electron chi connectivity index (χ4n) is 1.85. The van der Waals surface area contributed by atoms with E-state index in [9.17, 15) is 9.59 Å². The highest BCUT2D eigenvalue weighted by Gasteiger charge is 2.09. The van der Waals surface area contributed by atoms with E-state index < -0.39 is 5.97 Å². The molecule has 8 heteroatoms. The van der Waals surface area contributed by atoms with Gasteiger partial charge in [-0.25, -0.2) is 4.98 Å². The number of carboxylic acids is 1. The molecule has 0 radical (unpaired) electrons. The predicted molar refractivity (Wildman–Crippen MR) is 85.7 cm³/mol. The highest BCUT2D eigenvalue weighted by Crippen LogP contribution is 2.15. The summed E-state index contributed by atoms with van der Waals surface area (Å²) in [6, 6.07) is 3.52. The van der Waals surface area contributed by atoms with Crippen LogP contribution in [0.3, 0.4) is 0 Å². The zero-order valence-corrected chi connectivity index (χ0v) is 13.4. The SMILES string of the molecule is COCCN(CCOC)c1ccc(NC(=O)CCC(=O)O)nc1. The first-order valence-corrected chi connectivity index (χ1v) is 7.27. The van der Waals surface area contributed by atoms with Crippen molar-refractivity contribution in [1.82, 2.24) is 4.98 Å². The zero-order chi connectivity index (χ0) is 17.1. The third kappa shape index (κ3) is 7.57. The molecular weight excluding hydrogens is 302 g/mol. The van der Waals surface area contributed by atoms with E-state index >= 15 is 0 Å². The molecule has 0 aliphatic carbocycles. The van der Waals surface area contributed by atoms with Gasteiger partial charge in [0.2, 0.25) is 5.91 Å². The Hall–Kier alpha value is -2.19. The highest BCUT2D eigenvalue weighted by molar-refractivity contribution is 5.91. The molecule has 0 saturated heterocycles. The summed E-state index contributed by atoms with van der Waals surface area (Å²) in [7, 11) is 3.28. The average molecular weight is 325 g/mol. The van der Waals surface area contributed by atoms with Crippen LogP contribution in [0.25, 0.3) is 0 Å². The van der Waals surface area contributed by atoms with Crippen LogP contribution in [0.1, 0.15) is 12.8 Å². The average Bonchev–Trinajstić information content (AvgIpc) is 2.54. The van der Waals surface area contributed by atoms with Crippen molar-refractivity contribution in [2.75, 3.05) is 50.7 Å². The van der Waals surface area contributed by atoms with Crippen molar-refractivity contribution in [3.63, 3.8) is 0 Å². The van der Waals surface area contributed by atoms with Crippen LogP contribution < -0.4 is 10.2 Å². The number of aromatic nitrogens is 1. The lowest BCUT2D eigenvalue weighted by Gasteiger charge is -2.24. The van der Waals surface area contributed by atoms with E-state index in [1.807, 2.05) is 6.07 Å². The Morgan fingerprint density at radius 3 is 2.30 bits per heavy atom. The number of anilines is 2. The minimum absolute atomic E-state index is 0.0768. The summed E-state index contributed by atoms with van der Waals surface area (Å²) in [4.78, 5) is 28.2. The van der Waals surface area contributed by atoms with E-state index in [0.717, 1.165) is 5.69 Å². The Labute approximate surface area is 135 Å². The topological polar surface area (TPSA) is 101 Å². The molecule has 1 aromatic heterocycles. The smallest absolute Gasteiger partial charge is 0.303 e. The van der Waals surface area contributed by atoms with Gasteiger partial charge in [0.1, 0.15) is 5.82 Å². The standard InChI is InChI=1S/C15H23N3O5/c1-22-9-7-18(8-10-23-2)12-3-4-13(16-11-12)17-14(19)5-6-15(20)21/h3-4,11H,5-10H2,1-2H3,(H,20,21)(H,16,17,19). The number of hydrogen-bond acceptors (Lipinski definition) is 6. The largest absolute Gasteiger partial charge is 0.481 e. The summed E-state index contributed by atoms with van der Waals surface area (Å²) in [5.74, 6) is -0.985. The summed E-state index contributed by atoms with van der Waals surface area (Å²) in [5.41, 5.74) is 0.891. The minimum Gasteiger partial charge on any atom is -0.481 e. The molecule has 2 N–H and O–H groups in total. The number of ether oxygens (including phenoxy) is 2. The second kappa shape index (κ2) is 10.5. The van der Waals surface area contributed by atoms with Crippen molar-refractivity contribution >= 4 is 23.4 Å². The fraction of sp³-hybridized carbons (Fsp3) is 0.533. The summed E-state index contributed by atoms with van der Waals surface area (Å²) >= 11 is 0. The maximum atomic E-state index is 11.6. The van der Waals surface area contributed by atoms with Crippen molar-refractivity contribution in [1.29, 1.82) is 0 Å². The lowest BCUT2D eigenvalue weighted by atomic mass is 10.3. The van der Waals surface area contributed by atoms with Crippen molar-refractivity contribution in [3.8, 4) is 0 Å². The second-order valence-corrected chi connectivity index (χ2v) is 4.82. The van der Waals surface area contributed by atoms with Gasteiger partial charge in [0.15, 0.2) is 0 Å². The van der Waals surface area contributed by atoms with Gasteiger partial charge in [-0.1, -0.05) is 0 Å². The molecule has 128 valence electrons. The maximum absolute atomic E-state index is 11.6. The van der Waals surface area contributed by atoms with Gasteiger partial charge in [0.25, 0.3) is 0 Å². The van der Waals surface area contributed by atoms with Gasteiger partial charge in [-0.05, 0) is 12.1 Å². The molecule has 1 heterocycles. The molecule has 0 aliphatic heterocycles. The number of pyridine rings is 1.